The van der Waals surface area contributed by atoms with Gasteiger partial charge in [-0.2, -0.15) is 0 Å². The highest BCUT2D eigenvalue weighted by molar-refractivity contribution is 9.10. The van der Waals surface area contributed by atoms with E-state index in [1.807, 2.05) is 4.57 Å². The summed E-state index contributed by atoms with van der Waals surface area (Å²) >= 11 is 4.88. The van der Waals surface area contributed by atoms with Crippen molar-refractivity contribution < 1.29 is 4.74 Å². The average molecular weight is 372 g/mol. The molecule has 0 atom stereocenters. The first-order valence-corrected chi connectivity index (χ1v) is 8.58. The molecule has 0 N–H and O–H groups in total. The molecule has 0 radical (unpaired) electrons. The minimum absolute atomic E-state index is 0.323. The van der Waals surface area contributed by atoms with E-state index in [0.717, 1.165) is 28.5 Å². The highest BCUT2D eigenvalue weighted by atomic mass is 79.9. The number of rotatable bonds is 6. The van der Waals surface area contributed by atoms with Crippen LogP contribution in [0.3, 0.4) is 0 Å². The van der Waals surface area contributed by atoms with E-state index >= 15 is 0 Å². The molecule has 0 aliphatic rings. The summed E-state index contributed by atoms with van der Waals surface area (Å²) in [5.74, 6) is 1.78. The molecule has 2 heterocycles. The van der Waals surface area contributed by atoms with Crippen LogP contribution in [-0.4, -0.2) is 36.6 Å². The molecule has 7 heteroatoms. The number of ether oxygens (including phenoxy) is 1. The molecule has 0 aliphatic heterocycles. The predicted octanol–water partition coefficient (Wildman–Crippen LogP) is 2.69. The molecule has 2 aromatic heterocycles. The Hall–Kier alpha value is -0.920. The van der Waals surface area contributed by atoms with Crippen LogP contribution in [0.1, 0.15) is 20.8 Å². The number of halogens is 1. The van der Waals surface area contributed by atoms with E-state index in [1.54, 1.807) is 24.8 Å². The first kappa shape index (κ1) is 16.5. The van der Waals surface area contributed by atoms with Gasteiger partial charge < -0.3 is 4.74 Å². The van der Waals surface area contributed by atoms with Crippen molar-refractivity contribution >= 4 is 27.7 Å². The van der Waals surface area contributed by atoms with E-state index < -0.39 is 0 Å². The van der Waals surface area contributed by atoms with Gasteiger partial charge in [0.2, 0.25) is 0 Å². The molecule has 0 spiro atoms. The largest absolute Gasteiger partial charge is 0.356 e. The molecule has 2 aromatic rings. The molecule has 0 fully saturated rings. The number of imidazole rings is 1. The molecule has 0 saturated heterocycles. The van der Waals surface area contributed by atoms with Crippen LogP contribution in [-0.2, 0) is 23.2 Å². The quantitative estimate of drug-likeness (QED) is 0.445. The number of hydrogen-bond donors (Lipinski definition) is 0. The molecule has 114 valence electrons. The monoisotopic (exact) mass is 371 g/mol. The van der Waals surface area contributed by atoms with Crippen molar-refractivity contribution in [2.45, 2.75) is 32.2 Å². The molecule has 5 nitrogen and oxygen atoms in total. The van der Waals surface area contributed by atoms with Crippen LogP contribution in [0, 0.1) is 0 Å². The molecule has 0 aliphatic carbocycles. The molecule has 0 amide bonds. The zero-order valence-corrected chi connectivity index (χ0v) is 14.9. The third-order valence-electron chi connectivity index (χ3n) is 2.64. The summed E-state index contributed by atoms with van der Waals surface area (Å²) < 4.78 is 8.89. The molecular formula is C14H20BrN4OS+. The van der Waals surface area contributed by atoms with Crippen LogP contribution in [0.25, 0.3) is 11.5 Å². The Morgan fingerprint density at radius 1 is 1.24 bits per heavy atom. The Morgan fingerprint density at radius 2 is 2.05 bits per heavy atom. The van der Waals surface area contributed by atoms with Gasteiger partial charge in [0.05, 0.1) is 19.0 Å². The minimum Gasteiger partial charge on any atom is -0.356 e. The topological polar surface area (TPSA) is 52.8 Å². The molecule has 0 aromatic carbocycles. The van der Waals surface area contributed by atoms with E-state index in [1.165, 1.54) is 11.8 Å². The lowest BCUT2D eigenvalue weighted by Gasteiger charge is -2.11. The van der Waals surface area contributed by atoms with Crippen LogP contribution >= 0.6 is 15.9 Å². The molecule has 0 unspecified atom stereocenters. The number of thiol groups is 1. The van der Waals surface area contributed by atoms with Gasteiger partial charge in [0.1, 0.15) is 27.5 Å². The van der Waals surface area contributed by atoms with Gasteiger partial charge in [0, 0.05) is 12.4 Å². The van der Waals surface area contributed by atoms with Gasteiger partial charge in [-0.1, -0.05) is 0 Å². The van der Waals surface area contributed by atoms with Crippen molar-refractivity contribution in [2.75, 3.05) is 12.4 Å². The summed E-state index contributed by atoms with van der Waals surface area (Å²) in [6.07, 6.45) is 6.75. The summed E-state index contributed by atoms with van der Waals surface area (Å²) in [7, 11) is 0. The zero-order chi connectivity index (χ0) is 15.3. The van der Waals surface area contributed by atoms with Gasteiger partial charge in [-0.05, 0) is 48.5 Å². The van der Waals surface area contributed by atoms with Crippen molar-refractivity contribution in [3.05, 3.63) is 29.4 Å². The average Bonchev–Trinajstić information content (AvgIpc) is 2.80. The Balaban J connectivity index is 1.93. The van der Waals surface area contributed by atoms with Crippen LogP contribution in [0.15, 0.2) is 29.4 Å². The number of nitrogens with zero attached hydrogens (tertiary/aromatic N) is 4. The van der Waals surface area contributed by atoms with Crippen LogP contribution < -0.4 is 0 Å². The van der Waals surface area contributed by atoms with Crippen LogP contribution in [0.2, 0.25) is 0 Å². The van der Waals surface area contributed by atoms with E-state index in [0.29, 0.717) is 11.5 Å². The predicted molar refractivity (Wildman–Crippen MR) is 90.3 cm³/mol. The Morgan fingerprint density at radius 3 is 2.71 bits per heavy atom. The summed E-state index contributed by atoms with van der Waals surface area (Å²) in [6.45, 7) is 7.86. The van der Waals surface area contributed by atoms with E-state index in [9.17, 15) is 0 Å². The van der Waals surface area contributed by atoms with Gasteiger partial charge in [0.25, 0.3) is 0 Å². The Labute approximate surface area is 137 Å². The summed E-state index contributed by atoms with van der Waals surface area (Å²) in [4.78, 5) is 12.7. The molecule has 0 bridgehead atoms. The smallest absolute Gasteiger partial charge is 0.163 e. The fraction of sp³-hybridized carbons (Fsp3) is 0.500. The first-order valence-electron chi connectivity index (χ1n) is 6.71. The lowest BCUT2D eigenvalue weighted by Crippen LogP contribution is -2.21. The van der Waals surface area contributed by atoms with E-state index in [-0.39, 0.29) is 0 Å². The van der Waals surface area contributed by atoms with Crippen molar-refractivity contribution in [3.63, 3.8) is 0 Å². The third kappa shape index (κ3) is 5.09. The second-order valence-electron chi connectivity index (χ2n) is 5.51. The van der Waals surface area contributed by atoms with Gasteiger partial charge in [-0.3, -0.25) is 9.55 Å². The minimum atomic E-state index is 0.323. The highest BCUT2D eigenvalue weighted by Gasteiger charge is 2.18. The third-order valence-corrected chi connectivity index (χ3v) is 4.63. The lowest BCUT2D eigenvalue weighted by molar-refractivity contribution is 0.0893. The summed E-state index contributed by atoms with van der Waals surface area (Å²) in [5, 5.41) is 0. The maximum Gasteiger partial charge on any atom is 0.163 e. The van der Waals surface area contributed by atoms with Crippen molar-refractivity contribution in [1.29, 1.82) is 0 Å². The maximum atomic E-state index is 5.75. The fourth-order valence-electron chi connectivity index (χ4n) is 1.70. The Bertz CT molecular complexity index is 568. The molecule has 0 saturated carbocycles. The molecule has 21 heavy (non-hydrogen) atoms. The Kier molecular flexibility index (Phi) is 5.78. The fourth-order valence-corrected chi connectivity index (χ4v) is 2.96. The lowest BCUT2D eigenvalue weighted by atomic mass is 10.3. The SMILES string of the molecule is CC(C)(C)[SH+]CCOCn1c(Br)cnc1-c1cnccn1. The molecule has 2 rings (SSSR count). The number of aromatic nitrogens is 4. The van der Waals surface area contributed by atoms with Crippen LogP contribution in [0.4, 0.5) is 0 Å². The van der Waals surface area contributed by atoms with Gasteiger partial charge in [0.15, 0.2) is 5.82 Å². The van der Waals surface area contributed by atoms with Gasteiger partial charge in [-0.25, -0.2) is 9.97 Å². The van der Waals surface area contributed by atoms with Gasteiger partial charge >= 0.3 is 0 Å². The summed E-state index contributed by atoms with van der Waals surface area (Å²) in [6, 6.07) is 0. The van der Waals surface area contributed by atoms with Crippen molar-refractivity contribution in [2.24, 2.45) is 0 Å². The van der Waals surface area contributed by atoms with Crippen molar-refractivity contribution in [3.8, 4) is 11.5 Å². The molecular weight excluding hydrogens is 352 g/mol. The number of hydrogen-bond acceptors (Lipinski definition) is 4. The van der Waals surface area contributed by atoms with E-state index in [2.05, 4.69) is 51.7 Å². The summed E-state index contributed by atoms with van der Waals surface area (Å²) in [5.41, 5.74) is 0.736. The second-order valence-corrected chi connectivity index (χ2v) is 8.43. The van der Waals surface area contributed by atoms with E-state index in [4.69, 9.17) is 4.74 Å². The van der Waals surface area contributed by atoms with Gasteiger partial charge in [-0.15, -0.1) is 0 Å². The van der Waals surface area contributed by atoms with Crippen LogP contribution in [0.5, 0.6) is 0 Å². The highest BCUT2D eigenvalue weighted by Crippen LogP contribution is 2.20. The first-order chi connectivity index (χ1) is 9.97. The van der Waals surface area contributed by atoms with Crippen molar-refractivity contribution in [1.82, 2.24) is 19.5 Å². The zero-order valence-electron chi connectivity index (χ0n) is 12.5. The normalized spacial score (nSPS) is 11.8. The maximum absolute atomic E-state index is 5.75. The second kappa shape index (κ2) is 7.38. The standard InChI is InChI=1S/C14H19BrN4OS/c1-14(2,3)21-7-6-20-10-19-12(15)9-18-13(19)11-8-16-4-5-17-11/h4-5,8-9H,6-7,10H2,1-3H3/p+1.